The van der Waals surface area contributed by atoms with Crippen LogP contribution in [0.5, 0.6) is 0 Å². The van der Waals surface area contributed by atoms with Gasteiger partial charge in [0.2, 0.25) is 0 Å². The predicted molar refractivity (Wildman–Crippen MR) is 127 cm³/mol. The second kappa shape index (κ2) is 8.45. The molecule has 0 aliphatic heterocycles. The van der Waals surface area contributed by atoms with Crippen molar-refractivity contribution in [1.29, 1.82) is 0 Å². The largest absolute Gasteiger partial charge is 0.383 e. The first-order valence-electron chi connectivity index (χ1n) is 10.4. The Morgan fingerprint density at radius 1 is 1.09 bits per heavy atom. The molecule has 0 radical (unpaired) electrons. The van der Waals surface area contributed by atoms with E-state index < -0.39 is 4.92 Å². The smallest absolute Gasteiger partial charge is 0.270 e. The van der Waals surface area contributed by atoms with E-state index in [1.807, 2.05) is 24.3 Å². The fourth-order valence-electron chi connectivity index (χ4n) is 3.81. The number of nitro groups is 1. The molecule has 0 saturated carbocycles. The Morgan fingerprint density at radius 2 is 1.85 bits per heavy atom. The number of rotatable bonds is 6. The van der Waals surface area contributed by atoms with E-state index in [0.717, 1.165) is 0 Å². The van der Waals surface area contributed by atoms with Crippen molar-refractivity contribution in [2.45, 2.75) is 13.5 Å². The molecule has 0 bridgehead atoms. The average molecular weight is 457 g/mol. The van der Waals surface area contributed by atoms with Crippen molar-refractivity contribution in [3.8, 4) is 0 Å². The van der Waals surface area contributed by atoms with Gasteiger partial charge in [-0.1, -0.05) is 24.3 Å². The molecule has 0 fully saturated rings. The van der Waals surface area contributed by atoms with E-state index in [1.165, 1.54) is 27.6 Å². The maximum absolute atomic E-state index is 13.5. The third-order valence-corrected chi connectivity index (χ3v) is 5.45. The molecule has 170 valence electrons. The molecule has 0 aliphatic rings. The zero-order chi connectivity index (χ0) is 23.8. The molecular formula is C23H19N7O4. The van der Waals surface area contributed by atoms with E-state index in [2.05, 4.69) is 10.1 Å². The van der Waals surface area contributed by atoms with Gasteiger partial charge in [0.15, 0.2) is 11.3 Å². The molecule has 0 atom stereocenters. The number of hydrogen-bond acceptors (Lipinski definition) is 8. The molecule has 11 nitrogen and oxygen atoms in total. The minimum Gasteiger partial charge on any atom is -0.383 e. The summed E-state index contributed by atoms with van der Waals surface area (Å²) >= 11 is 0. The zero-order valence-corrected chi connectivity index (χ0v) is 18.4. The van der Waals surface area contributed by atoms with Gasteiger partial charge in [-0.3, -0.25) is 19.5 Å². The highest BCUT2D eigenvalue weighted by Gasteiger charge is 2.21. The first-order chi connectivity index (χ1) is 16.5. The molecule has 3 heterocycles. The summed E-state index contributed by atoms with van der Waals surface area (Å²) in [4.78, 5) is 38.2. The highest BCUT2D eigenvalue weighted by Crippen LogP contribution is 2.25. The topological polar surface area (TPSA) is 130 Å². The molecule has 34 heavy (non-hydrogen) atoms. The number of non-ortho nitro benzene ring substituents is 1. The van der Waals surface area contributed by atoms with Gasteiger partial charge in [-0.15, -0.1) is 0 Å². The third kappa shape index (κ3) is 3.57. The van der Waals surface area contributed by atoms with Crippen molar-refractivity contribution in [2.75, 3.05) is 13.7 Å². The number of hydrogen-bond donors (Lipinski definition) is 0. The Hall–Kier alpha value is -4.51. The van der Waals surface area contributed by atoms with E-state index in [4.69, 9.17) is 14.7 Å². The maximum Gasteiger partial charge on any atom is 0.270 e. The number of nitro benzene ring substituents is 1. The van der Waals surface area contributed by atoms with E-state index in [9.17, 15) is 14.9 Å². The number of methoxy groups -OCH3 is 1. The number of nitrogens with zero attached hydrogens (tertiary/aromatic N) is 7. The minimum absolute atomic E-state index is 0.0491. The molecule has 11 heteroatoms. The first-order valence-corrected chi connectivity index (χ1v) is 10.4. The lowest BCUT2D eigenvalue weighted by molar-refractivity contribution is -0.384. The highest BCUT2D eigenvalue weighted by molar-refractivity contribution is 6.05. The summed E-state index contributed by atoms with van der Waals surface area (Å²) in [6, 6.07) is 13.4. The van der Waals surface area contributed by atoms with Gasteiger partial charge in [0.05, 0.1) is 35.3 Å². The SMILES string of the molecule is COCCn1c(C)nc2c(c1=O)c1nc3ccccc3nc1n2N=Cc1cccc([N+](=O)[O-])c1. The van der Waals surface area contributed by atoms with Crippen LogP contribution in [-0.4, -0.2) is 49.0 Å². The molecule has 0 amide bonds. The second-order valence-corrected chi connectivity index (χ2v) is 7.60. The summed E-state index contributed by atoms with van der Waals surface area (Å²) in [5, 5.41) is 15.9. The standard InChI is InChI=1S/C23H19N7O4/c1-14-25-21-19(23(31)28(14)10-11-34-2)20-22(27-18-9-4-3-8-17(18)26-20)29(21)24-13-15-6-5-7-16(12-15)30(32)33/h3-9,12-13H,10-11H2,1-2H3. The molecule has 0 spiro atoms. The van der Waals surface area contributed by atoms with Crippen molar-refractivity contribution in [2.24, 2.45) is 5.10 Å². The monoisotopic (exact) mass is 457 g/mol. The van der Waals surface area contributed by atoms with Crippen molar-refractivity contribution in [3.05, 3.63) is 80.4 Å². The Bertz CT molecular complexity index is 1670. The summed E-state index contributed by atoms with van der Waals surface area (Å²) in [5.41, 5.74) is 2.54. The Labute approximate surface area is 192 Å². The fraction of sp³-hybridized carbons (Fsp3) is 0.174. The number of aryl methyl sites for hydroxylation is 1. The van der Waals surface area contributed by atoms with Crippen molar-refractivity contribution in [3.63, 3.8) is 0 Å². The number of aromatic nitrogens is 5. The van der Waals surface area contributed by atoms with Gasteiger partial charge >= 0.3 is 0 Å². The Morgan fingerprint density at radius 3 is 2.59 bits per heavy atom. The van der Waals surface area contributed by atoms with E-state index in [-0.39, 0.29) is 11.2 Å². The summed E-state index contributed by atoms with van der Waals surface area (Å²) in [6.07, 6.45) is 1.47. The predicted octanol–water partition coefficient (Wildman–Crippen LogP) is 3.04. The summed E-state index contributed by atoms with van der Waals surface area (Å²) in [7, 11) is 1.57. The molecule has 0 unspecified atom stereocenters. The minimum atomic E-state index is -0.469. The van der Waals surface area contributed by atoms with Gasteiger partial charge in [-0.05, 0) is 19.1 Å². The van der Waals surface area contributed by atoms with E-state index in [0.29, 0.717) is 57.8 Å². The first kappa shape index (κ1) is 21.3. The van der Waals surface area contributed by atoms with Crippen LogP contribution in [0.4, 0.5) is 5.69 Å². The highest BCUT2D eigenvalue weighted by atomic mass is 16.6. The van der Waals surface area contributed by atoms with Gasteiger partial charge in [0.25, 0.3) is 11.2 Å². The lowest BCUT2D eigenvalue weighted by Gasteiger charge is -2.08. The van der Waals surface area contributed by atoms with Crippen LogP contribution in [0, 0.1) is 17.0 Å². The van der Waals surface area contributed by atoms with Crippen molar-refractivity contribution < 1.29 is 9.66 Å². The zero-order valence-electron chi connectivity index (χ0n) is 18.4. The van der Waals surface area contributed by atoms with Crippen LogP contribution < -0.4 is 5.56 Å². The lowest BCUT2D eigenvalue weighted by atomic mass is 10.2. The third-order valence-electron chi connectivity index (χ3n) is 5.45. The van der Waals surface area contributed by atoms with Crippen LogP contribution in [0.1, 0.15) is 11.4 Å². The molecular weight excluding hydrogens is 438 g/mol. The van der Waals surface area contributed by atoms with Crippen LogP contribution in [0.3, 0.4) is 0 Å². The van der Waals surface area contributed by atoms with Gasteiger partial charge < -0.3 is 4.74 Å². The van der Waals surface area contributed by atoms with Gasteiger partial charge in [0.1, 0.15) is 16.7 Å². The number of para-hydroxylation sites is 2. The molecule has 0 aliphatic carbocycles. The summed E-state index contributed by atoms with van der Waals surface area (Å²) in [6.45, 7) is 2.43. The molecule has 3 aromatic heterocycles. The molecule has 0 saturated heterocycles. The lowest BCUT2D eigenvalue weighted by Crippen LogP contribution is -2.25. The quantitative estimate of drug-likeness (QED) is 0.218. The van der Waals surface area contributed by atoms with Crippen molar-refractivity contribution in [1.82, 2.24) is 24.2 Å². The van der Waals surface area contributed by atoms with Gasteiger partial charge in [-0.2, -0.15) is 9.78 Å². The summed E-state index contributed by atoms with van der Waals surface area (Å²) < 4.78 is 8.13. The Balaban J connectivity index is 1.80. The summed E-state index contributed by atoms with van der Waals surface area (Å²) in [5.74, 6) is 0.494. The van der Waals surface area contributed by atoms with E-state index >= 15 is 0 Å². The number of ether oxygens (including phenoxy) is 1. The van der Waals surface area contributed by atoms with Crippen LogP contribution in [0.15, 0.2) is 58.4 Å². The second-order valence-electron chi connectivity index (χ2n) is 7.60. The molecule has 5 aromatic rings. The van der Waals surface area contributed by atoms with Crippen LogP contribution in [0.25, 0.3) is 33.2 Å². The molecule has 5 rings (SSSR count). The van der Waals surface area contributed by atoms with Gasteiger partial charge in [-0.25, -0.2) is 15.0 Å². The van der Waals surface area contributed by atoms with Crippen LogP contribution in [-0.2, 0) is 11.3 Å². The average Bonchev–Trinajstić information content (AvgIpc) is 3.13. The van der Waals surface area contributed by atoms with Gasteiger partial charge in [0, 0.05) is 24.8 Å². The maximum atomic E-state index is 13.5. The number of fused-ring (bicyclic) bond motifs is 4. The molecule has 0 N–H and O–H groups in total. The van der Waals surface area contributed by atoms with Crippen molar-refractivity contribution >= 4 is 45.1 Å². The molecule has 2 aromatic carbocycles. The number of benzene rings is 2. The fourth-order valence-corrected chi connectivity index (χ4v) is 3.81. The van der Waals surface area contributed by atoms with Crippen LogP contribution >= 0.6 is 0 Å². The Kier molecular flexibility index (Phi) is 5.30. The van der Waals surface area contributed by atoms with Crippen LogP contribution in [0.2, 0.25) is 0 Å². The normalized spacial score (nSPS) is 11.8. The van der Waals surface area contributed by atoms with E-state index in [1.54, 1.807) is 26.2 Å².